The van der Waals surface area contributed by atoms with E-state index >= 15 is 0 Å². The lowest BCUT2D eigenvalue weighted by molar-refractivity contribution is -0.366. The van der Waals surface area contributed by atoms with Crippen LogP contribution in [0.4, 0.5) is 4.53 Å². The zero-order chi connectivity index (χ0) is 10.5. The first-order valence-electron chi connectivity index (χ1n) is 4.98. The van der Waals surface area contributed by atoms with Crippen LogP contribution in [0.3, 0.4) is 0 Å². The van der Waals surface area contributed by atoms with Gasteiger partial charge in [-0.1, -0.05) is 30.3 Å². The van der Waals surface area contributed by atoms with Crippen LogP contribution in [-0.2, 0) is 21.3 Å². The van der Waals surface area contributed by atoms with E-state index in [9.17, 15) is 4.53 Å². The van der Waals surface area contributed by atoms with Gasteiger partial charge in [-0.05, 0) is 10.1 Å². The summed E-state index contributed by atoms with van der Waals surface area (Å²) in [5, 5.41) is 0. The lowest BCUT2D eigenvalue weighted by atomic mass is 9.93. The quantitative estimate of drug-likeness (QED) is 0.554. The third-order valence-corrected chi connectivity index (χ3v) is 2.45. The third-order valence-electron chi connectivity index (χ3n) is 2.45. The van der Waals surface area contributed by atoms with Crippen LogP contribution < -0.4 is 0 Å². The van der Waals surface area contributed by atoms with Crippen molar-refractivity contribution in [1.82, 2.24) is 0 Å². The van der Waals surface area contributed by atoms with Crippen molar-refractivity contribution in [3.05, 3.63) is 35.9 Å². The molecule has 0 N–H and O–H groups in total. The molecule has 0 saturated heterocycles. The number of halogens is 1. The third kappa shape index (κ3) is 2.99. The van der Waals surface area contributed by atoms with Gasteiger partial charge < -0.3 is 0 Å². The Balaban J connectivity index is 1.60. The fourth-order valence-corrected chi connectivity index (χ4v) is 1.44. The Morgan fingerprint density at radius 2 is 1.87 bits per heavy atom. The van der Waals surface area contributed by atoms with Gasteiger partial charge in [0.05, 0.1) is 6.10 Å². The van der Waals surface area contributed by atoms with Crippen LogP contribution in [0.2, 0.25) is 0 Å². The SMILES string of the molecule is FOC1CC(OOCc2ccccc2)C1. The summed E-state index contributed by atoms with van der Waals surface area (Å²) in [6, 6.07) is 9.73. The summed E-state index contributed by atoms with van der Waals surface area (Å²) in [7, 11) is 0. The fraction of sp³-hybridized carbons (Fsp3) is 0.455. The van der Waals surface area contributed by atoms with E-state index in [4.69, 9.17) is 9.78 Å². The van der Waals surface area contributed by atoms with Crippen molar-refractivity contribution in [3.63, 3.8) is 0 Å². The molecule has 0 bridgehead atoms. The molecule has 0 aliphatic heterocycles. The Kier molecular flexibility index (Phi) is 3.66. The van der Waals surface area contributed by atoms with Crippen molar-refractivity contribution in [1.29, 1.82) is 0 Å². The monoisotopic (exact) mass is 212 g/mol. The van der Waals surface area contributed by atoms with Gasteiger partial charge in [-0.3, -0.25) is 0 Å². The minimum atomic E-state index is -0.310. The van der Waals surface area contributed by atoms with Crippen molar-refractivity contribution in [3.8, 4) is 0 Å². The Morgan fingerprint density at radius 3 is 2.53 bits per heavy atom. The Hall–Kier alpha value is -0.970. The first-order chi connectivity index (χ1) is 7.38. The summed E-state index contributed by atoms with van der Waals surface area (Å²) in [6.07, 6.45) is 0.779. The molecule has 1 fully saturated rings. The maximum atomic E-state index is 11.6. The summed E-state index contributed by atoms with van der Waals surface area (Å²) in [5.41, 5.74) is 1.05. The molecule has 0 heterocycles. The Labute approximate surface area is 87.6 Å². The van der Waals surface area contributed by atoms with Gasteiger partial charge in [-0.2, -0.15) is 4.94 Å². The van der Waals surface area contributed by atoms with Gasteiger partial charge in [0.25, 0.3) is 0 Å². The first kappa shape index (κ1) is 10.5. The molecule has 4 heteroatoms. The highest BCUT2D eigenvalue weighted by Gasteiger charge is 2.32. The summed E-state index contributed by atoms with van der Waals surface area (Å²) in [6.45, 7) is 0.415. The predicted molar refractivity (Wildman–Crippen MR) is 51.3 cm³/mol. The molecule has 15 heavy (non-hydrogen) atoms. The van der Waals surface area contributed by atoms with Crippen LogP contribution in [0.25, 0.3) is 0 Å². The van der Waals surface area contributed by atoms with Crippen LogP contribution in [0.1, 0.15) is 18.4 Å². The number of rotatable bonds is 5. The molecule has 0 unspecified atom stereocenters. The average Bonchev–Trinajstić information content (AvgIpc) is 2.23. The first-order valence-corrected chi connectivity index (χ1v) is 4.98. The van der Waals surface area contributed by atoms with Gasteiger partial charge in [0.15, 0.2) is 0 Å². The van der Waals surface area contributed by atoms with E-state index in [-0.39, 0.29) is 12.2 Å². The molecular weight excluding hydrogens is 199 g/mol. The van der Waals surface area contributed by atoms with Crippen molar-refractivity contribution in [2.75, 3.05) is 0 Å². The number of hydrogen-bond donors (Lipinski definition) is 0. The summed E-state index contributed by atoms with van der Waals surface area (Å²) >= 11 is 0. The molecule has 0 atom stereocenters. The molecule has 82 valence electrons. The molecule has 0 spiro atoms. The van der Waals surface area contributed by atoms with Gasteiger partial charge in [0.2, 0.25) is 0 Å². The molecule has 1 aromatic rings. The van der Waals surface area contributed by atoms with Crippen LogP contribution in [0.15, 0.2) is 30.3 Å². The Morgan fingerprint density at radius 1 is 1.13 bits per heavy atom. The second kappa shape index (κ2) is 5.21. The van der Waals surface area contributed by atoms with Gasteiger partial charge in [0.1, 0.15) is 12.7 Å². The largest absolute Gasteiger partial charge is 0.233 e. The maximum Gasteiger partial charge on any atom is 0.107 e. The lowest BCUT2D eigenvalue weighted by Crippen LogP contribution is -2.36. The van der Waals surface area contributed by atoms with E-state index in [0.717, 1.165) is 5.56 Å². The van der Waals surface area contributed by atoms with Gasteiger partial charge >= 0.3 is 0 Å². The number of hydrogen-bond acceptors (Lipinski definition) is 3. The molecule has 0 radical (unpaired) electrons. The molecule has 2 rings (SSSR count). The van der Waals surface area contributed by atoms with Gasteiger partial charge in [-0.25, -0.2) is 9.78 Å². The van der Waals surface area contributed by atoms with Crippen LogP contribution in [0.5, 0.6) is 0 Å². The molecule has 1 aromatic carbocycles. The predicted octanol–water partition coefficient (Wildman–Crippen LogP) is 2.57. The molecule has 0 amide bonds. The summed E-state index contributed by atoms with van der Waals surface area (Å²) < 4.78 is 11.6. The fourth-order valence-electron chi connectivity index (χ4n) is 1.44. The molecule has 1 aliphatic rings. The van der Waals surface area contributed by atoms with Crippen LogP contribution >= 0.6 is 0 Å². The molecule has 1 saturated carbocycles. The molecule has 1 aliphatic carbocycles. The second-order valence-electron chi connectivity index (χ2n) is 3.65. The molecule has 3 nitrogen and oxygen atoms in total. The summed E-state index contributed by atoms with van der Waals surface area (Å²) in [5.74, 6) is 0. The minimum Gasteiger partial charge on any atom is -0.233 e. The highest BCUT2D eigenvalue weighted by molar-refractivity contribution is 5.13. The van der Waals surface area contributed by atoms with E-state index < -0.39 is 0 Å². The van der Waals surface area contributed by atoms with E-state index in [1.54, 1.807) is 0 Å². The van der Waals surface area contributed by atoms with Crippen LogP contribution in [0, 0.1) is 0 Å². The summed E-state index contributed by atoms with van der Waals surface area (Å²) in [4.78, 5) is 13.8. The van der Waals surface area contributed by atoms with Gasteiger partial charge in [0, 0.05) is 12.8 Å². The Bertz CT molecular complexity index is 285. The average molecular weight is 212 g/mol. The molecular formula is C11H13FO3. The second-order valence-corrected chi connectivity index (χ2v) is 3.65. The smallest absolute Gasteiger partial charge is 0.107 e. The van der Waals surface area contributed by atoms with Crippen molar-refractivity contribution >= 4 is 0 Å². The van der Waals surface area contributed by atoms with Crippen molar-refractivity contribution in [2.24, 2.45) is 0 Å². The lowest BCUT2D eigenvalue weighted by Gasteiger charge is -2.30. The highest BCUT2D eigenvalue weighted by Crippen LogP contribution is 2.26. The molecule has 0 aromatic heterocycles. The van der Waals surface area contributed by atoms with E-state index in [0.29, 0.717) is 19.4 Å². The standard InChI is InChI=1S/C11H13FO3/c12-14-10-6-11(7-10)15-13-8-9-4-2-1-3-5-9/h1-5,10-11H,6-8H2. The zero-order valence-electron chi connectivity index (χ0n) is 8.27. The van der Waals surface area contributed by atoms with Gasteiger partial charge in [-0.15, -0.1) is 0 Å². The minimum absolute atomic E-state index is 0.0329. The van der Waals surface area contributed by atoms with E-state index in [1.165, 1.54) is 0 Å². The normalized spacial score (nSPS) is 24.9. The zero-order valence-corrected chi connectivity index (χ0v) is 8.27. The van der Waals surface area contributed by atoms with Crippen LogP contribution in [-0.4, -0.2) is 12.2 Å². The van der Waals surface area contributed by atoms with Crippen molar-refractivity contribution in [2.45, 2.75) is 31.7 Å². The topological polar surface area (TPSA) is 27.7 Å². The number of benzene rings is 1. The maximum absolute atomic E-state index is 11.6. The van der Waals surface area contributed by atoms with E-state index in [2.05, 4.69) is 4.94 Å². The van der Waals surface area contributed by atoms with Crippen molar-refractivity contribution < 1.29 is 19.2 Å². The highest BCUT2D eigenvalue weighted by atomic mass is 19.3. The van der Waals surface area contributed by atoms with E-state index in [1.807, 2.05) is 30.3 Å².